The molecule has 0 saturated carbocycles. The third-order valence-corrected chi connectivity index (χ3v) is 5.23. The Morgan fingerprint density at radius 2 is 1.68 bits per heavy atom. The molecule has 3 atom stereocenters. The molecule has 1 fully saturated rings. The van der Waals surface area contributed by atoms with Gasteiger partial charge in [-0.3, -0.25) is 4.90 Å². The van der Waals surface area contributed by atoms with Crippen molar-refractivity contribution in [1.29, 1.82) is 0 Å². The molecule has 3 aromatic carbocycles. The minimum atomic E-state index is -1.16. The van der Waals surface area contributed by atoms with Gasteiger partial charge in [-0.1, -0.05) is 23.7 Å². The molecule has 1 heterocycles. The summed E-state index contributed by atoms with van der Waals surface area (Å²) in [7, 11) is 0. The van der Waals surface area contributed by atoms with Crippen molar-refractivity contribution in [2.45, 2.75) is 18.2 Å². The molecule has 3 aromatic rings. The standard InChI is InChI=1S/C23H19ClFNO5/c24-15-3-11-19(12-4-15)30-13-20(28)22-21(14-1-9-18(27)10-2-14)26(23(29)31-22)17-7-5-16(25)6-8-17/h1-12,20-22,27-28H,13H2/t20-,21-,22-/m1/s1. The number of halogens is 2. The molecule has 1 aliphatic heterocycles. The fraction of sp³-hybridized carbons (Fsp3) is 0.174. The highest BCUT2D eigenvalue weighted by Crippen LogP contribution is 2.39. The van der Waals surface area contributed by atoms with Gasteiger partial charge < -0.3 is 19.7 Å². The summed E-state index contributed by atoms with van der Waals surface area (Å²) in [5.74, 6) is 0.125. The number of nitrogens with zero attached hydrogens (tertiary/aromatic N) is 1. The van der Waals surface area contributed by atoms with Crippen LogP contribution in [0.15, 0.2) is 72.8 Å². The van der Waals surface area contributed by atoms with Crippen LogP contribution < -0.4 is 9.64 Å². The first-order valence-corrected chi connectivity index (χ1v) is 9.91. The van der Waals surface area contributed by atoms with E-state index in [0.29, 0.717) is 22.0 Å². The second-order valence-electron chi connectivity index (χ2n) is 7.06. The molecule has 0 unspecified atom stereocenters. The largest absolute Gasteiger partial charge is 0.508 e. The number of hydrogen-bond donors (Lipinski definition) is 2. The van der Waals surface area contributed by atoms with Crippen molar-refractivity contribution in [2.24, 2.45) is 0 Å². The number of carbonyl (C=O) groups excluding carboxylic acids is 1. The molecule has 31 heavy (non-hydrogen) atoms. The first-order chi connectivity index (χ1) is 14.9. The predicted octanol–water partition coefficient (Wildman–Crippen LogP) is 4.69. The molecule has 1 amide bonds. The Kier molecular flexibility index (Phi) is 5.97. The molecular formula is C23H19ClFNO5. The zero-order chi connectivity index (χ0) is 22.0. The summed E-state index contributed by atoms with van der Waals surface area (Å²) in [5.41, 5.74) is 1.04. The van der Waals surface area contributed by atoms with Gasteiger partial charge in [0.05, 0.1) is 0 Å². The third-order valence-electron chi connectivity index (χ3n) is 4.98. The lowest BCUT2D eigenvalue weighted by molar-refractivity contribution is -0.00646. The highest BCUT2D eigenvalue weighted by Gasteiger charge is 2.47. The van der Waals surface area contributed by atoms with Gasteiger partial charge in [-0.2, -0.15) is 0 Å². The molecule has 0 aliphatic carbocycles. The van der Waals surface area contributed by atoms with E-state index in [1.165, 1.54) is 41.3 Å². The first-order valence-electron chi connectivity index (χ1n) is 9.53. The number of hydrogen-bond acceptors (Lipinski definition) is 5. The zero-order valence-corrected chi connectivity index (χ0v) is 16.9. The van der Waals surface area contributed by atoms with E-state index in [-0.39, 0.29) is 12.4 Å². The van der Waals surface area contributed by atoms with Crippen LogP contribution in [0.25, 0.3) is 0 Å². The fourth-order valence-electron chi connectivity index (χ4n) is 3.47. The Hall–Kier alpha value is -3.29. The first kappa shape index (κ1) is 21.0. The lowest BCUT2D eigenvalue weighted by Crippen LogP contribution is -2.38. The maximum absolute atomic E-state index is 13.4. The van der Waals surface area contributed by atoms with Crippen molar-refractivity contribution < 1.29 is 28.9 Å². The van der Waals surface area contributed by atoms with Gasteiger partial charge in [0.1, 0.15) is 36.1 Å². The number of rotatable bonds is 6. The number of phenols is 1. The Labute approximate surface area is 183 Å². The van der Waals surface area contributed by atoms with Crippen LogP contribution in [0.1, 0.15) is 11.6 Å². The number of benzene rings is 3. The van der Waals surface area contributed by atoms with E-state index in [4.69, 9.17) is 21.1 Å². The molecule has 1 saturated heterocycles. The summed E-state index contributed by atoms with van der Waals surface area (Å²) in [6.45, 7) is -0.134. The van der Waals surface area contributed by atoms with Crippen LogP contribution in [0.5, 0.6) is 11.5 Å². The van der Waals surface area contributed by atoms with Gasteiger partial charge >= 0.3 is 6.09 Å². The van der Waals surface area contributed by atoms with Crippen LogP contribution in [0.3, 0.4) is 0 Å². The number of anilines is 1. The highest BCUT2D eigenvalue weighted by atomic mass is 35.5. The molecule has 1 aliphatic rings. The molecular weight excluding hydrogens is 425 g/mol. The monoisotopic (exact) mass is 443 g/mol. The highest BCUT2D eigenvalue weighted by molar-refractivity contribution is 6.30. The van der Waals surface area contributed by atoms with Gasteiger partial charge in [0, 0.05) is 10.7 Å². The molecule has 160 valence electrons. The summed E-state index contributed by atoms with van der Waals surface area (Å²) in [5, 5.41) is 21.0. The van der Waals surface area contributed by atoms with Crippen molar-refractivity contribution >= 4 is 23.4 Å². The normalized spacial score (nSPS) is 19.2. The van der Waals surface area contributed by atoms with Gasteiger partial charge in [0.2, 0.25) is 0 Å². The van der Waals surface area contributed by atoms with E-state index in [9.17, 15) is 19.4 Å². The number of phenolic OH excluding ortho intramolecular Hbond substituents is 1. The predicted molar refractivity (Wildman–Crippen MR) is 113 cm³/mol. The van der Waals surface area contributed by atoms with Crippen molar-refractivity contribution in [3.05, 3.63) is 89.2 Å². The van der Waals surface area contributed by atoms with E-state index < -0.39 is 30.2 Å². The molecule has 0 bridgehead atoms. The smallest absolute Gasteiger partial charge is 0.415 e. The van der Waals surface area contributed by atoms with Crippen LogP contribution in [0, 0.1) is 5.82 Å². The van der Waals surface area contributed by atoms with E-state index in [1.54, 1.807) is 36.4 Å². The summed E-state index contributed by atoms with van der Waals surface area (Å²) in [4.78, 5) is 14.1. The molecule has 2 N–H and O–H groups in total. The fourth-order valence-corrected chi connectivity index (χ4v) is 3.60. The summed E-state index contributed by atoms with van der Waals surface area (Å²) in [6, 6.07) is 17.6. The maximum atomic E-state index is 13.4. The summed E-state index contributed by atoms with van der Waals surface area (Å²) < 4.78 is 24.5. The second-order valence-corrected chi connectivity index (χ2v) is 7.50. The topological polar surface area (TPSA) is 79.2 Å². The Morgan fingerprint density at radius 3 is 2.32 bits per heavy atom. The molecule has 6 nitrogen and oxygen atoms in total. The molecule has 0 radical (unpaired) electrons. The lowest BCUT2D eigenvalue weighted by Gasteiger charge is -2.27. The van der Waals surface area contributed by atoms with Crippen LogP contribution in [0.2, 0.25) is 5.02 Å². The Bertz CT molecular complexity index is 1040. The lowest BCUT2D eigenvalue weighted by atomic mass is 9.96. The van der Waals surface area contributed by atoms with Crippen LogP contribution in [0.4, 0.5) is 14.9 Å². The SMILES string of the molecule is O=C1O[C@H]([C@H](O)COc2ccc(Cl)cc2)[C@@H](c2ccc(O)cc2)N1c1ccc(F)cc1. The molecule has 0 aromatic heterocycles. The van der Waals surface area contributed by atoms with Crippen LogP contribution in [-0.4, -0.2) is 35.1 Å². The Morgan fingerprint density at radius 1 is 1.03 bits per heavy atom. The van der Waals surface area contributed by atoms with Crippen molar-refractivity contribution in [1.82, 2.24) is 0 Å². The summed E-state index contributed by atoms with van der Waals surface area (Å²) in [6.07, 6.45) is -2.81. The number of carbonyl (C=O) groups is 1. The summed E-state index contributed by atoms with van der Waals surface area (Å²) >= 11 is 5.87. The zero-order valence-electron chi connectivity index (χ0n) is 16.2. The van der Waals surface area contributed by atoms with Gasteiger partial charge in [-0.25, -0.2) is 9.18 Å². The minimum absolute atomic E-state index is 0.0606. The average molecular weight is 444 g/mol. The van der Waals surface area contributed by atoms with Crippen molar-refractivity contribution in [2.75, 3.05) is 11.5 Å². The minimum Gasteiger partial charge on any atom is -0.508 e. The van der Waals surface area contributed by atoms with E-state index in [1.807, 2.05) is 0 Å². The van der Waals surface area contributed by atoms with Crippen molar-refractivity contribution in [3.63, 3.8) is 0 Å². The number of cyclic esters (lactones) is 1. The van der Waals surface area contributed by atoms with Crippen LogP contribution in [-0.2, 0) is 4.74 Å². The van der Waals surface area contributed by atoms with E-state index in [0.717, 1.165) is 0 Å². The quantitative estimate of drug-likeness (QED) is 0.577. The molecule has 4 rings (SSSR count). The third kappa shape index (κ3) is 4.57. The maximum Gasteiger partial charge on any atom is 0.415 e. The number of aliphatic hydroxyl groups is 1. The van der Waals surface area contributed by atoms with Gasteiger partial charge in [0.15, 0.2) is 6.10 Å². The van der Waals surface area contributed by atoms with E-state index >= 15 is 0 Å². The number of amides is 1. The number of ether oxygens (including phenoxy) is 2. The van der Waals surface area contributed by atoms with Gasteiger partial charge in [0.25, 0.3) is 0 Å². The van der Waals surface area contributed by atoms with Crippen molar-refractivity contribution in [3.8, 4) is 11.5 Å². The van der Waals surface area contributed by atoms with E-state index in [2.05, 4.69) is 0 Å². The molecule has 0 spiro atoms. The molecule has 8 heteroatoms. The van der Waals surface area contributed by atoms with Gasteiger partial charge in [-0.05, 0) is 66.2 Å². The number of aromatic hydroxyl groups is 1. The second kappa shape index (κ2) is 8.83. The van der Waals surface area contributed by atoms with Gasteiger partial charge in [-0.15, -0.1) is 0 Å². The Balaban J connectivity index is 1.61. The van der Waals surface area contributed by atoms with Crippen LogP contribution >= 0.6 is 11.6 Å². The average Bonchev–Trinajstić information content (AvgIpc) is 3.11. The number of aliphatic hydroxyl groups excluding tert-OH is 1.